The molecule has 3 amide bonds. The van der Waals surface area contributed by atoms with E-state index in [-0.39, 0.29) is 44.0 Å². The number of amides is 3. The summed E-state index contributed by atoms with van der Waals surface area (Å²) in [7, 11) is 0. The molecule has 1 aliphatic rings. The van der Waals surface area contributed by atoms with E-state index in [2.05, 4.69) is 10.6 Å². The summed E-state index contributed by atoms with van der Waals surface area (Å²) in [5.74, 6) is -4.18. The molecule has 2 aromatic rings. The number of hydrogen-bond acceptors (Lipinski definition) is 8. The van der Waals surface area contributed by atoms with Crippen molar-refractivity contribution in [2.75, 3.05) is 18.9 Å². The molecular formula is C33H42F3N3O7S. The molecule has 0 saturated carbocycles. The number of nitrogens with one attached hydrogen (secondary N) is 2. The van der Waals surface area contributed by atoms with Crippen molar-refractivity contribution >= 4 is 35.6 Å². The zero-order valence-electron chi connectivity index (χ0n) is 27.4. The summed E-state index contributed by atoms with van der Waals surface area (Å²) in [6, 6.07) is 6.89. The largest absolute Gasteiger partial charge is 0.478 e. The Kier molecular flexibility index (Phi) is 13.4. The van der Waals surface area contributed by atoms with Crippen LogP contribution in [0, 0.1) is 23.4 Å². The van der Waals surface area contributed by atoms with E-state index < -0.39 is 64.4 Å². The van der Waals surface area contributed by atoms with Crippen molar-refractivity contribution in [2.24, 2.45) is 5.92 Å². The van der Waals surface area contributed by atoms with Crippen LogP contribution in [0.3, 0.4) is 0 Å². The standard InChI is InChI=1S/C33H42F3N3O7S/c1-7-44-31(42)28(19(2)3)45-23-10-8-20(9-11-23)18-37-29(41)30-39(12-13-47-30)27(40)16-22(38-32(43)46-33(4,5)6)14-21-15-25(35)26(36)17-24(21)34/h8-11,15,17,19,22,28,30H,7,12-14,16,18H2,1-6H3,(H,37,41)(H,38,43)/t22-,28?,30?/m1/s1. The molecule has 0 aliphatic carbocycles. The molecule has 10 nitrogen and oxygen atoms in total. The first-order valence-corrected chi connectivity index (χ1v) is 16.4. The second kappa shape index (κ2) is 16.8. The lowest BCUT2D eigenvalue weighted by molar-refractivity contribution is -0.153. The first-order valence-electron chi connectivity index (χ1n) is 15.3. The molecule has 14 heteroatoms. The minimum absolute atomic E-state index is 0.113. The van der Waals surface area contributed by atoms with E-state index in [4.69, 9.17) is 14.2 Å². The molecule has 1 heterocycles. The van der Waals surface area contributed by atoms with Crippen LogP contribution < -0.4 is 15.4 Å². The number of carbonyl (C=O) groups is 4. The summed E-state index contributed by atoms with van der Waals surface area (Å²) >= 11 is 1.27. The predicted molar refractivity (Wildman–Crippen MR) is 170 cm³/mol. The number of rotatable bonds is 13. The fourth-order valence-corrected chi connectivity index (χ4v) is 5.86. The van der Waals surface area contributed by atoms with Crippen LogP contribution in [-0.4, -0.2) is 70.8 Å². The molecule has 1 saturated heterocycles. The summed E-state index contributed by atoms with van der Waals surface area (Å²) in [5, 5.41) is 4.49. The van der Waals surface area contributed by atoms with Gasteiger partial charge in [-0.15, -0.1) is 11.8 Å². The third-order valence-electron chi connectivity index (χ3n) is 6.91. The molecule has 0 spiro atoms. The first kappa shape index (κ1) is 37.5. The predicted octanol–water partition coefficient (Wildman–Crippen LogP) is 5.11. The van der Waals surface area contributed by atoms with Gasteiger partial charge < -0.3 is 29.7 Å². The lowest BCUT2D eigenvalue weighted by Crippen LogP contribution is -2.48. The van der Waals surface area contributed by atoms with Gasteiger partial charge in [0.25, 0.3) is 5.91 Å². The number of benzene rings is 2. The van der Waals surface area contributed by atoms with E-state index in [9.17, 15) is 32.3 Å². The van der Waals surface area contributed by atoms with Crippen molar-refractivity contribution < 1.29 is 46.6 Å². The van der Waals surface area contributed by atoms with Gasteiger partial charge in [-0.1, -0.05) is 26.0 Å². The molecule has 2 N–H and O–H groups in total. The number of hydrogen-bond donors (Lipinski definition) is 2. The molecular weight excluding hydrogens is 639 g/mol. The maximum absolute atomic E-state index is 14.5. The molecule has 258 valence electrons. The van der Waals surface area contributed by atoms with E-state index in [1.54, 1.807) is 52.0 Å². The molecule has 3 rings (SSSR count). The average molecular weight is 682 g/mol. The Balaban J connectivity index is 1.64. The molecule has 1 aliphatic heterocycles. The van der Waals surface area contributed by atoms with E-state index in [1.165, 1.54) is 16.7 Å². The zero-order chi connectivity index (χ0) is 34.9. The SMILES string of the molecule is CCOC(=O)C(Oc1ccc(CNC(=O)C2SCCN2C(=O)C[C@@H](Cc2cc(F)c(F)cc2F)NC(=O)OC(C)(C)C)cc1)C(C)C. The molecule has 3 atom stereocenters. The highest BCUT2D eigenvalue weighted by molar-refractivity contribution is 8.00. The number of ether oxygens (including phenoxy) is 3. The van der Waals surface area contributed by atoms with Crippen molar-refractivity contribution in [2.45, 2.75) is 84.0 Å². The summed E-state index contributed by atoms with van der Waals surface area (Å²) in [6.07, 6.45) is -2.32. The maximum atomic E-state index is 14.5. The average Bonchev–Trinajstić information content (AvgIpc) is 3.47. The number of nitrogens with zero attached hydrogens (tertiary/aromatic N) is 1. The van der Waals surface area contributed by atoms with Gasteiger partial charge >= 0.3 is 12.1 Å². The van der Waals surface area contributed by atoms with Gasteiger partial charge in [-0.2, -0.15) is 0 Å². The molecule has 2 unspecified atom stereocenters. The van der Waals surface area contributed by atoms with E-state index >= 15 is 0 Å². The minimum atomic E-state index is -1.36. The lowest BCUT2D eigenvalue weighted by Gasteiger charge is -2.27. The number of carbonyl (C=O) groups excluding carboxylic acids is 4. The second-order valence-corrected chi connectivity index (χ2v) is 13.5. The van der Waals surface area contributed by atoms with Crippen LogP contribution >= 0.6 is 11.8 Å². The molecule has 0 radical (unpaired) electrons. The van der Waals surface area contributed by atoms with Crippen molar-refractivity contribution in [1.29, 1.82) is 0 Å². The van der Waals surface area contributed by atoms with Gasteiger partial charge in [0, 0.05) is 43.3 Å². The molecule has 47 heavy (non-hydrogen) atoms. The van der Waals surface area contributed by atoms with Gasteiger partial charge in [0.1, 0.15) is 17.2 Å². The number of halogens is 3. The third kappa shape index (κ3) is 11.4. The first-order chi connectivity index (χ1) is 22.1. The molecule has 0 aromatic heterocycles. The van der Waals surface area contributed by atoms with Gasteiger partial charge in [-0.05, 0) is 63.4 Å². The number of alkyl carbamates (subject to hydrolysis) is 1. The van der Waals surface area contributed by atoms with Crippen molar-refractivity contribution in [3.8, 4) is 5.75 Å². The van der Waals surface area contributed by atoms with Crippen LogP contribution in [0.5, 0.6) is 5.75 Å². The monoisotopic (exact) mass is 681 g/mol. The number of thioether (sulfide) groups is 1. The fourth-order valence-electron chi connectivity index (χ4n) is 4.69. The van der Waals surface area contributed by atoms with Gasteiger partial charge in [0.15, 0.2) is 23.1 Å². The highest BCUT2D eigenvalue weighted by Gasteiger charge is 2.36. The molecule has 2 aromatic carbocycles. The van der Waals surface area contributed by atoms with E-state index in [0.717, 1.165) is 5.56 Å². The molecule has 1 fully saturated rings. The Labute approximate surface area is 277 Å². The van der Waals surface area contributed by atoms with Gasteiger partial charge in [0.05, 0.1) is 6.61 Å². The van der Waals surface area contributed by atoms with Crippen LogP contribution in [0.25, 0.3) is 0 Å². The zero-order valence-corrected chi connectivity index (χ0v) is 28.2. The third-order valence-corrected chi connectivity index (χ3v) is 8.11. The van der Waals surface area contributed by atoms with Crippen LogP contribution in [-0.2, 0) is 36.8 Å². The lowest BCUT2D eigenvalue weighted by atomic mass is 10.0. The summed E-state index contributed by atoms with van der Waals surface area (Å²) < 4.78 is 58.1. The van der Waals surface area contributed by atoms with Crippen molar-refractivity contribution in [3.05, 3.63) is 65.0 Å². The normalized spacial score (nSPS) is 16.0. The van der Waals surface area contributed by atoms with Crippen LogP contribution in [0.2, 0.25) is 0 Å². The minimum Gasteiger partial charge on any atom is -0.478 e. The Morgan fingerprint density at radius 2 is 1.68 bits per heavy atom. The highest BCUT2D eigenvalue weighted by Crippen LogP contribution is 2.26. The second-order valence-electron chi connectivity index (χ2n) is 12.3. The molecule has 0 bridgehead atoms. The van der Waals surface area contributed by atoms with Gasteiger partial charge in [-0.3, -0.25) is 9.59 Å². The Morgan fingerprint density at radius 3 is 2.30 bits per heavy atom. The fraction of sp³-hybridized carbons (Fsp3) is 0.515. The Bertz CT molecular complexity index is 1420. The summed E-state index contributed by atoms with van der Waals surface area (Å²) in [5.41, 5.74) is -0.355. The topological polar surface area (TPSA) is 123 Å². The van der Waals surface area contributed by atoms with Gasteiger partial charge in [0.2, 0.25) is 5.91 Å². The smallest absolute Gasteiger partial charge is 0.407 e. The van der Waals surface area contributed by atoms with Crippen LogP contribution in [0.4, 0.5) is 18.0 Å². The Hall–Kier alpha value is -3.94. The Morgan fingerprint density at radius 1 is 1.02 bits per heavy atom. The maximum Gasteiger partial charge on any atom is 0.407 e. The van der Waals surface area contributed by atoms with Crippen molar-refractivity contribution in [3.63, 3.8) is 0 Å². The summed E-state index contributed by atoms with van der Waals surface area (Å²) in [4.78, 5) is 52.7. The van der Waals surface area contributed by atoms with Crippen molar-refractivity contribution in [1.82, 2.24) is 15.5 Å². The quantitative estimate of drug-likeness (QED) is 0.221. The van der Waals surface area contributed by atoms with E-state index in [1.807, 2.05) is 13.8 Å². The van der Waals surface area contributed by atoms with Gasteiger partial charge in [-0.25, -0.2) is 22.8 Å². The summed E-state index contributed by atoms with van der Waals surface area (Å²) in [6.45, 7) is 11.0. The van der Waals surface area contributed by atoms with E-state index in [0.29, 0.717) is 23.6 Å². The number of esters is 1. The van der Waals surface area contributed by atoms with Crippen LogP contribution in [0.1, 0.15) is 59.1 Å². The highest BCUT2D eigenvalue weighted by atomic mass is 32.2. The van der Waals surface area contributed by atoms with Crippen LogP contribution in [0.15, 0.2) is 36.4 Å².